The Hall–Kier alpha value is -3.64. The highest BCUT2D eigenvalue weighted by Gasteiger charge is 2.38. The highest BCUT2D eigenvalue weighted by atomic mass is 16.5. The summed E-state index contributed by atoms with van der Waals surface area (Å²) in [5.74, 6) is 0.562. The Morgan fingerprint density at radius 2 is 1.71 bits per heavy atom. The molecule has 0 unspecified atom stereocenters. The fraction of sp³-hybridized carbons (Fsp3) is 0.286. The summed E-state index contributed by atoms with van der Waals surface area (Å²) in [6.07, 6.45) is 1.18. The van der Waals surface area contributed by atoms with Gasteiger partial charge >= 0.3 is 0 Å². The molecule has 0 saturated heterocycles. The van der Waals surface area contributed by atoms with Crippen LogP contribution in [0.2, 0.25) is 0 Å². The van der Waals surface area contributed by atoms with Crippen LogP contribution in [0.1, 0.15) is 47.8 Å². The predicted molar refractivity (Wildman–Crippen MR) is 133 cm³/mol. The van der Waals surface area contributed by atoms with Crippen LogP contribution in [0.5, 0.6) is 5.75 Å². The number of carbonyl (C=O) groups excluding carboxylic acids is 2. The van der Waals surface area contributed by atoms with Crippen LogP contribution in [0.25, 0.3) is 0 Å². The summed E-state index contributed by atoms with van der Waals surface area (Å²) in [6.45, 7) is 3.68. The fourth-order valence-corrected chi connectivity index (χ4v) is 4.74. The van der Waals surface area contributed by atoms with Gasteiger partial charge in [-0.1, -0.05) is 30.3 Å². The normalized spacial score (nSPS) is 17.1. The second kappa shape index (κ2) is 10.1. The van der Waals surface area contributed by atoms with Gasteiger partial charge in [-0.25, -0.2) is 0 Å². The lowest BCUT2D eigenvalue weighted by Gasteiger charge is -2.43. The second-order valence-corrected chi connectivity index (χ2v) is 8.59. The molecule has 1 aliphatic heterocycles. The van der Waals surface area contributed by atoms with Crippen LogP contribution in [0.4, 0.5) is 11.4 Å². The maximum absolute atomic E-state index is 13.5. The number of methoxy groups -OCH3 is 1. The highest BCUT2D eigenvalue weighted by molar-refractivity contribution is 6.07. The van der Waals surface area contributed by atoms with Crippen molar-refractivity contribution >= 4 is 23.2 Å². The third-order valence-electron chi connectivity index (χ3n) is 6.38. The summed E-state index contributed by atoms with van der Waals surface area (Å²) >= 11 is 0. The van der Waals surface area contributed by atoms with Crippen LogP contribution in [0.3, 0.4) is 0 Å². The number of amides is 2. The van der Waals surface area contributed by atoms with Crippen molar-refractivity contribution in [1.29, 1.82) is 0 Å². The molecular weight excluding hydrogens is 428 g/mol. The zero-order chi connectivity index (χ0) is 24.2. The maximum Gasteiger partial charge on any atom is 0.258 e. The van der Waals surface area contributed by atoms with Crippen LogP contribution in [-0.4, -0.2) is 36.7 Å². The number of para-hydroxylation sites is 1. The first kappa shape index (κ1) is 23.5. The van der Waals surface area contributed by atoms with Gasteiger partial charge in [-0.15, -0.1) is 0 Å². The Balaban J connectivity index is 1.71. The van der Waals surface area contributed by atoms with Crippen LogP contribution in [0.15, 0.2) is 72.8 Å². The summed E-state index contributed by atoms with van der Waals surface area (Å²) in [7, 11) is 1.60. The quantitative estimate of drug-likeness (QED) is 0.578. The van der Waals surface area contributed by atoms with E-state index >= 15 is 0 Å². The van der Waals surface area contributed by atoms with Gasteiger partial charge < -0.3 is 19.6 Å². The average Bonchev–Trinajstić information content (AvgIpc) is 2.85. The van der Waals surface area contributed by atoms with E-state index in [9.17, 15) is 14.7 Å². The van der Waals surface area contributed by atoms with Crippen molar-refractivity contribution in [3.63, 3.8) is 0 Å². The minimum Gasteiger partial charge on any atom is -0.497 e. The fourth-order valence-electron chi connectivity index (χ4n) is 4.74. The molecule has 1 heterocycles. The van der Waals surface area contributed by atoms with Crippen molar-refractivity contribution in [2.45, 2.75) is 38.8 Å². The number of carbonyl (C=O) groups is 2. The van der Waals surface area contributed by atoms with Crippen molar-refractivity contribution in [3.8, 4) is 5.75 Å². The Labute approximate surface area is 200 Å². The molecule has 176 valence electrons. The highest BCUT2D eigenvalue weighted by Crippen LogP contribution is 2.42. The third kappa shape index (κ3) is 4.54. The number of nitrogens with zero attached hydrogens (tertiary/aromatic N) is 2. The Bertz CT molecular complexity index is 1160. The summed E-state index contributed by atoms with van der Waals surface area (Å²) in [4.78, 5) is 30.0. The lowest BCUT2D eigenvalue weighted by molar-refractivity contribution is -0.117. The van der Waals surface area contributed by atoms with Gasteiger partial charge in [0.15, 0.2) is 0 Å². The largest absolute Gasteiger partial charge is 0.497 e. The number of hydrogen-bond acceptors (Lipinski definition) is 4. The van der Waals surface area contributed by atoms with Gasteiger partial charge in [0.2, 0.25) is 5.91 Å². The Morgan fingerprint density at radius 3 is 2.32 bits per heavy atom. The third-order valence-corrected chi connectivity index (χ3v) is 6.38. The van der Waals surface area contributed by atoms with E-state index in [-0.39, 0.29) is 30.5 Å². The monoisotopic (exact) mass is 458 g/mol. The van der Waals surface area contributed by atoms with Crippen molar-refractivity contribution in [3.05, 3.63) is 89.5 Å². The number of aliphatic hydroxyl groups excluding tert-OH is 1. The average molecular weight is 459 g/mol. The molecule has 0 aromatic heterocycles. The standard InChI is InChI=1S/C28H30N2O4/c1-19-18-27(30(20(2)32)23-12-8-21(9-13-23)16-17-31)25-6-4-5-7-26(25)29(19)28(33)22-10-14-24(34-3)15-11-22/h4-15,19,27,31H,16-18H2,1-3H3/t19-,27+/m0/s1. The van der Waals surface area contributed by atoms with Crippen LogP contribution in [-0.2, 0) is 11.2 Å². The molecule has 2 atom stereocenters. The van der Waals surface area contributed by atoms with E-state index in [1.807, 2.05) is 65.3 Å². The van der Waals surface area contributed by atoms with E-state index in [1.54, 1.807) is 38.3 Å². The molecule has 0 fully saturated rings. The van der Waals surface area contributed by atoms with E-state index in [0.29, 0.717) is 24.2 Å². The predicted octanol–water partition coefficient (Wildman–Crippen LogP) is 4.76. The SMILES string of the molecule is COc1ccc(C(=O)N2c3ccccc3[C@H](N(C(C)=O)c3ccc(CCO)cc3)C[C@@H]2C)cc1. The van der Waals surface area contributed by atoms with E-state index in [1.165, 1.54) is 0 Å². The van der Waals surface area contributed by atoms with Crippen LogP contribution < -0.4 is 14.5 Å². The molecule has 34 heavy (non-hydrogen) atoms. The zero-order valence-electron chi connectivity index (χ0n) is 19.8. The lowest BCUT2D eigenvalue weighted by atomic mass is 9.89. The second-order valence-electron chi connectivity index (χ2n) is 8.59. The number of hydrogen-bond donors (Lipinski definition) is 1. The Kier molecular flexibility index (Phi) is 6.98. The molecule has 3 aromatic carbocycles. The van der Waals surface area contributed by atoms with E-state index < -0.39 is 0 Å². The first-order valence-electron chi connectivity index (χ1n) is 11.5. The number of aliphatic hydroxyl groups is 1. The number of benzene rings is 3. The minimum atomic E-state index is -0.202. The lowest BCUT2D eigenvalue weighted by Crippen LogP contribution is -2.47. The van der Waals surface area contributed by atoms with Crippen molar-refractivity contribution in [2.24, 2.45) is 0 Å². The van der Waals surface area contributed by atoms with Gasteiger partial charge in [0.25, 0.3) is 5.91 Å². The molecular formula is C28H30N2O4. The molecule has 2 amide bonds. The van der Waals surface area contributed by atoms with Gasteiger partial charge in [-0.2, -0.15) is 0 Å². The molecule has 3 aromatic rings. The first-order chi connectivity index (χ1) is 16.4. The van der Waals surface area contributed by atoms with E-state index in [4.69, 9.17) is 4.74 Å². The van der Waals surface area contributed by atoms with Crippen LogP contribution in [0, 0.1) is 0 Å². The molecule has 1 N–H and O–H groups in total. The number of anilines is 2. The maximum atomic E-state index is 13.5. The Morgan fingerprint density at radius 1 is 1.03 bits per heavy atom. The van der Waals surface area contributed by atoms with Crippen molar-refractivity contribution in [1.82, 2.24) is 0 Å². The first-order valence-corrected chi connectivity index (χ1v) is 11.5. The zero-order valence-corrected chi connectivity index (χ0v) is 19.8. The molecule has 4 rings (SSSR count). The van der Waals surface area contributed by atoms with Crippen molar-refractivity contribution in [2.75, 3.05) is 23.5 Å². The summed E-state index contributed by atoms with van der Waals surface area (Å²) < 4.78 is 5.22. The number of rotatable bonds is 6. The summed E-state index contributed by atoms with van der Waals surface area (Å²) in [5.41, 5.74) is 4.16. The summed E-state index contributed by atoms with van der Waals surface area (Å²) in [6, 6.07) is 22.3. The number of ether oxygens (including phenoxy) is 1. The van der Waals surface area contributed by atoms with E-state index in [2.05, 4.69) is 0 Å². The minimum absolute atomic E-state index is 0.0585. The van der Waals surface area contributed by atoms with Gasteiger partial charge in [-0.05, 0) is 73.4 Å². The van der Waals surface area contributed by atoms with Gasteiger partial charge in [0.05, 0.1) is 13.2 Å². The van der Waals surface area contributed by atoms with Gasteiger partial charge in [0, 0.05) is 36.5 Å². The van der Waals surface area contributed by atoms with Crippen LogP contribution >= 0.6 is 0 Å². The van der Waals surface area contributed by atoms with Gasteiger partial charge in [-0.3, -0.25) is 9.59 Å². The molecule has 0 radical (unpaired) electrons. The molecule has 1 aliphatic rings. The molecule has 6 nitrogen and oxygen atoms in total. The molecule has 0 aliphatic carbocycles. The molecule has 6 heteroatoms. The molecule has 0 saturated carbocycles. The smallest absolute Gasteiger partial charge is 0.258 e. The number of fused-ring (bicyclic) bond motifs is 1. The summed E-state index contributed by atoms with van der Waals surface area (Å²) in [5, 5.41) is 9.20. The molecule has 0 spiro atoms. The van der Waals surface area contributed by atoms with Gasteiger partial charge in [0.1, 0.15) is 5.75 Å². The topological polar surface area (TPSA) is 70.1 Å². The van der Waals surface area contributed by atoms with Crippen molar-refractivity contribution < 1.29 is 19.4 Å². The van der Waals surface area contributed by atoms with E-state index in [0.717, 1.165) is 22.5 Å². The molecule has 0 bridgehead atoms.